The highest BCUT2D eigenvalue weighted by molar-refractivity contribution is 6.30. The maximum absolute atomic E-state index is 11.2. The first kappa shape index (κ1) is 29.1. The van der Waals surface area contributed by atoms with Crippen molar-refractivity contribution in [2.75, 3.05) is 5.32 Å². The molecule has 4 aromatic rings. The predicted molar refractivity (Wildman–Crippen MR) is 164 cm³/mol. The number of aromatic nitrogens is 4. The van der Waals surface area contributed by atoms with Gasteiger partial charge in [0, 0.05) is 47.4 Å². The molecule has 41 heavy (non-hydrogen) atoms. The molecule has 1 aliphatic rings. The van der Waals surface area contributed by atoms with Crippen molar-refractivity contribution in [3.8, 4) is 17.7 Å². The number of anilines is 1. The summed E-state index contributed by atoms with van der Waals surface area (Å²) in [4.78, 5) is 13.8. The Kier molecular flexibility index (Phi) is 10.3. The third-order valence-corrected chi connectivity index (χ3v) is 7.64. The number of aryl methyl sites for hydroxylation is 2. The normalized spacial score (nSPS) is 15.1. The molecule has 9 heteroatoms. The highest BCUT2D eigenvalue weighted by atomic mass is 35.5. The first-order valence-electron chi connectivity index (χ1n) is 14.1. The van der Waals surface area contributed by atoms with Gasteiger partial charge in [0.1, 0.15) is 36.1 Å². The lowest BCUT2D eigenvalue weighted by molar-refractivity contribution is 0.130. The first-order chi connectivity index (χ1) is 20.0. The number of benzene rings is 2. The van der Waals surface area contributed by atoms with Crippen molar-refractivity contribution in [1.29, 1.82) is 0 Å². The largest absolute Gasteiger partial charge is 0.375 e. The molecule has 0 spiro atoms. The molecular formula is C32H34Cl2N6O. The van der Waals surface area contributed by atoms with E-state index in [1.165, 1.54) is 19.3 Å². The highest BCUT2D eigenvalue weighted by Gasteiger charge is 2.20. The molecule has 0 saturated heterocycles. The number of halogens is 2. The topological polar surface area (TPSA) is 87.9 Å². The molecule has 3 N–H and O–H groups in total. The van der Waals surface area contributed by atoms with Crippen LogP contribution in [0.1, 0.15) is 49.1 Å². The van der Waals surface area contributed by atoms with E-state index in [9.17, 15) is 5.11 Å². The van der Waals surface area contributed by atoms with Crippen molar-refractivity contribution in [3.05, 3.63) is 100 Å². The van der Waals surface area contributed by atoms with Gasteiger partial charge in [-0.3, -0.25) is 9.88 Å². The third kappa shape index (κ3) is 8.79. The summed E-state index contributed by atoms with van der Waals surface area (Å²) in [5.74, 6) is 9.05. The summed E-state index contributed by atoms with van der Waals surface area (Å²) in [6, 6.07) is 16.6. The van der Waals surface area contributed by atoms with Gasteiger partial charge in [-0.05, 0) is 54.7 Å². The predicted octanol–water partition coefficient (Wildman–Crippen LogP) is 6.23. The van der Waals surface area contributed by atoms with Crippen molar-refractivity contribution in [1.82, 2.24) is 24.8 Å². The number of nitrogens with zero attached hydrogens (tertiary/aromatic N) is 4. The number of hydrogen-bond acceptors (Lipinski definition) is 6. The second-order valence-corrected chi connectivity index (χ2v) is 11.2. The number of aliphatic hydroxyl groups is 1. The summed E-state index contributed by atoms with van der Waals surface area (Å²) in [5.41, 5.74) is 2.13. The zero-order valence-electron chi connectivity index (χ0n) is 22.8. The zero-order valence-corrected chi connectivity index (χ0v) is 24.3. The molecule has 2 heterocycles. The van der Waals surface area contributed by atoms with Gasteiger partial charge in [0.2, 0.25) is 0 Å². The van der Waals surface area contributed by atoms with E-state index in [4.69, 9.17) is 33.2 Å². The Morgan fingerprint density at radius 1 is 0.951 bits per heavy atom. The van der Waals surface area contributed by atoms with Crippen LogP contribution in [0, 0.1) is 17.8 Å². The standard InChI is InChI=1S/C32H34Cl2N6O/c33-26-13-9-25(10-14-26)21-36-32(41)28(15-11-23-5-2-1-3-6-23)37-30-20-31(40-18-17-35-22-40)39-29(38-30)16-12-24-7-4-8-27(34)19-24/h4,7-10,13-14,17-20,22-23,28,32,36,41H,1-3,5-6,12,16,21H2,(H,37,38,39). The van der Waals surface area contributed by atoms with E-state index in [-0.39, 0.29) is 0 Å². The second-order valence-electron chi connectivity index (χ2n) is 10.3. The molecule has 5 rings (SSSR count). The zero-order chi connectivity index (χ0) is 28.4. The molecule has 0 bridgehead atoms. The molecule has 212 valence electrons. The molecule has 2 atom stereocenters. The quantitative estimate of drug-likeness (QED) is 0.150. The van der Waals surface area contributed by atoms with Crippen molar-refractivity contribution in [3.63, 3.8) is 0 Å². The SMILES string of the molecule is OC(NCc1ccc(Cl)cc1)C(C#CC1CCCCC1)Nc1cc(-n2ccnc2)nc(CCc2cccc(Cl)c2)n1. The monoisotopic (exact) mass is 588 g/mol. The van der Waals surface area contributed by atoms with Gasteiger partial charge in [0.15, 0.2) is 0 Å². The fourth-order valence-corrected chi connectivity index (χ4v) is 5.23. The smallest absolute Gasteiger partial charge is 0.143 e. The Morgan fingerprint density at radius 2 is 1.78 bits per heavy atom. The molecule has 2 aromatic carbocycles. The summed E-state index contributed by atoms with van der Waals surface area (Å²) >= 11 is 12.2. The maximum atomic E-state index is 11.2. The fourth-order valence-electron chi connectivity index (χ4n) is 4.89. The van der Waals surface area contributed by atoms with E-state index in [0.717, 1.165) is 30.4 Å². The van der Waals surface area contributed by atoms with E-state index in [1.807, 2.05) is 65.4 Å². The van der Waals surface area contributed by atoms with E-state index < -0.39 is 12.3 Å². The number of nitrogens with one attached hydrogen (secondary N) is 2. The Balaban J connectivity index is 1.38. The van der Waals surface area contributed by atoms with Gasteiger partial charge in [-0.2, -0.15) is 0 Å². The Labute approximate surface area is 251 Å². The van der Waals surface area contributed by atoms with Crippen LogP contribution in [0.15, 0.2) is 73.3 Å². The van der Waals surface area contributed by atoms with E-state index in [1.54, 1.807) is 12.5 Å². The summed E-state index contributed by atoms with van der Waals surface area (Å²) < 4.78 is 1.84. The van der Waals surface area contributed by atoms with Crippen LogP contribution in [0.25, 0.3) is 5.82 Å². The van der Waals surface area contributed by atoms with Crippen molar-refractivity contribution < 1.29 is 5.11 Å². The molecule has 2 unspecified atom stereocenters. The van der Waals surface area contributed by atoms with Gasteiger partial charge in [0.05, 0.1) is 0 Å². The van der Waals surface area contributed by atoms with E-state index >= 15 is 0 Å². The van der Waals surface area contributed by atoms with Crippen LogP contribution >= 0.6 is 23.2 Å². The summed E-state index contributed by atoms with van der Waals surface area (Å²) in [6.45, 7) is 0.469. The molecule has 1 aliphatic carbocycles. The summed E-state index contributed by atoms with van der Waals surface area (Å²) in [5, 5.41) is 19.2. The maximum Gasteiger partial charge on any atom is 0.143 e. The number of rotatable bonds is 10. The average molecular weight is 590 g/mol. The van der Waals surface area contributed by atoms with Gasteiger partial charge < -0.3 is 10.4 Å². The van der Waals surface area contributed by atoms with Gasteiger partial charge >= 0.3 is 0 Å². The second kappa shape index (κ2) is 14.5. The van der Waals surface area contributed by atoms with Crippen LogP contribution in [-0.4, -0.2) is 36.9 Å². The lowest BCUT2D eigenvalue weighted by Crippen LogP contribution is -2.43. The molecule has 1 saturated carbocycles. The van der Waals surface area contributed by atoms with Crippen molar-refractivity contribution >= 4 is 29.0 Å². The summed E-state index contributed by atoms with van der Waals surface area (Å²) in [7, 11) is 0. The molecular weight excluding hydrogens is 555 g/mol. The Bertz CT molecular complexity index is 1460. The molecule has 0 amide bonds. The average Bonchev–Trinajstić information content (AvgIpc) is 3.54. The van der Waals surface area contributed by atoms with Crippen LogP contribution in [0.4, 0.5) is 5.82 Å². The fraction of sp³-hybridized carbons (Fsp3) is 0.344. The third-order valence-electron chi connectivity index (χ3n) is 7.15. The van der Waals surface area contributed by atoms with Crippen molar-refractivity contribution in [2.24, 2.45) is 5.92 Å². The minimum absolute atomic E-state index is 0.344. The van der Waals surface area contributed by atoms with Gasteiger partial charge in [-0.1, -0.05) is 78.6 Å². The Morgan fingerprint density at radius 3 is 2.54 bits per heavy atom. The van der Waals surface area contributed by atoms with E-state index in [2.05, 4.69) is 27.5 Å². The number of aliphatic hydroxyl groups excluding tert-OH is 1. The number of imidazole rings is 1. The van der Waals surface area contributed by atoms with E-state index in [0.29, 0.717) is 46.4 Å². The molecule has 2 aromatic heterocycles. The number of hydrogen-bond donors (Lipinski definition) is 3. The molecule has 1 fully saturated rings. The first-order valence-corrected chi connectivity index (χ1v) is 14.8. The van der Waals surface area contributed by atoms with Gasteiger partial charge in [0.25, 0.3) is 0 Å². The molecule has 7 nitrogen and oxygen atoms in total. The van der Waals surface area contributed by atoms with Crippen LogP contribution < -0.4 is 10.6 Å². The van der Waals surface area contributed by atoms with Crippen LogP contribution in [0.2, 0.25) is 10.0 Å². The van der Waals surface area contributed by atoms with Crippen LogP contribution in [0.5, 0.6) is 0 Å². The van der Waals surface area contributed by atoms with Crippen LogP contribution in [0.3, 0.4) is 0 Å². The highest BCUT2D eigenvalue weighted by Crippen LogP contribution is 2.23. The lowest BCUT2D eigenvalue weighted by Gasteiger charge is -2.23. The van der Waals surface area contributed by atoms with Crippen LogP contribution in [-0.2, 0) is 19.4 Å². The lowest BCUT2D eigenvalue weighted by atomic mass is 9.89. The van der Waals surface area contributed by atoms with Gasteiger partial charge in [-0.25, -0.2) is 15.0 Å². The molecule has 0 aliphatic heterocycles. The minimum Gasteiger partial charge on any atom is -0.375 e. The molecule has 0 radical (unpaired) electrons. The van der Waals surface area contributed by atoms with Crippen molar-refractivity contribution in [2.45, 2.75) is 63.8 Å². The minimum atomic E-state index is -0.941. The summed E-state index contributed by atoms with van der Waals surface area (Å²) in [6.07, 6.45) is 11.5. The van der Waals surface area contributed by atoms with Gasteiger partial charge in [-0.15, -0.1) is 0 Å². The Hall–Kier alpha value is -3.41.